The van der Waals surface area contributed by atoms with Crippen LogP contribution >= 0.6 is 0 Å². The van der Waals surface area contributed by atoms with Gasteiger partial charge in [-0.1, -0.05) is 20.8 Å². The lowest BCUT2D eigenvalue weighted by atomic mass is 10.2. The van der Waals surface area contributed by atoms with Crippen LogP contribution in [0, 0.1) is 5.92 Å². The van der Waals surface area contributed by atoms with E-state index in [1.165, 1.54) is 29.6 Å². The highest BCUT2D eigenvalue weighted by atomic mass is 32.2. The highest BCUT2D eigenvalue weighted by Gasteiger charge is 2.26. The Kier molecular flexibility index (Phi) is 5.74. The van der Waals surface area contributed by atoms with E-state index in [0.29, 0.717) is 13.1 Å². The van der Waals surface area contributed by atoms with Gasteiger partial charge in [0, 0.05) is 13.1 Å². The number of carbonyl (C=O) groups is 1. The maximum Gasteiger partial charge on any atom is 0.337 e. The topological polar surface area (TPSA) is 89.7 Å². The highest BCUT2D eigenvalue weighted by Crippen LogP contribution is 2.24. The SMILES string of the molecule is CCN(CC(C)C)S(=O)(=O)c1ccc(C(=O)OC)cc1N. The van der Waals surface area contributed by atoms with Crippen LogP contribution in [0.5, 0.6) is 0 Å². The molecule has 0 unspecified atom stereocenters. The van der Waals surface area contributed by atoms with Gasteiger partial charge < -0.3 is 10.5 Å². The molecule has 0 atom stereocenters. The number of methoxy groups -OCH3 is 1. The molecule has 0 aromatic heterocycles. The zero-order chi connectivity index (χ0) is 16.2. The molecule has 0 radical (unpaired) electrons. The smallest absolute Gasteiger partial charge is 0.337 e. The first-order valence-corrected chi connectivity index (χ1v) is 8.16. The van der Waals surface area contributed by atoms with Crippen molar-refractivity contribution in [2.75, 3.05) is 25.9 Å². The first kappa shape index (κ1) is 17.5. The number of nitrogens with two attached hydrogens (primary N) is 1. The molecular formula is C14H22N2O4S. The maximum absolute atomic E-state index is 12.6. The van der Waals surface area contributed by atoms with Crippen LogP contribution in [0.1, 0.15) is 31.1 Å². The highest BCUT2D eigenvalue weighted by molar-refractivity contribution is 7.89. The lowest BCUT2D eigenvalue weighted by molar-refractivity contribution is 0.0600. The molecule has 0 aliphatic carbocycles. The monoisotopic (exact) mass is 314 g/mol. The van der Waals surface area contributed by atoms with Gasteiger partial charge in [-0.3, -0.25) is 0 Å². The van der Waals surface area contributed by atoms with E-state index in [4.69, 9.17) is 5.73 Å². The molecule has 2 N–H and O–H groups in total. The molecule has 0 amide bonds. The molecule has 6 nitrogen and oxygen atoms in total. The van der Waals surface area contributed by atoms with Crippen molar-refractivity contribution in [2.45, 2.75) is 25.7 Å². The Balaban J connectivity index is 3.22. The summed E-state index contributed by atoms with van der Waals surface area (Å²) in [6.07, 6.45) is 0. The maximum atomic E-state index is 12.6. The summed E-state index contributed by atoms with van der Waals surface area (Å²) in [4.78, 5) is 11.4. The van der Waals surface area contributed by atoms with Crippen molar-refractivity contribution in [2.24, 2.45) is 5.92 Å². The van der Waals surface area contributed by atoms with Gasteiger partial charge >= 0.3 is 5.97 Å². The Morgan fingerprint density at radius 2 is 2.00 bits per heavy atom. The Bertz CT molecular complexity index is 611. The molecule has 1 aromatic rings. The Hall–Kier alpha value is -1.60. The summed E-state index contributed by atoms with van der Waals surface area (Å²) in [5.74, 6) is -0.351. The summed E-state index contributed by atoms with van der Waals surface area (Å²) in [5.41, 5.74) is 6.07. The molecule has 7 heteroatoms. The summed E-state index contributed by atoms with van der Waals surface area (Å²) in [7, 11) is -2.42. The second-order valence-corrected chi connectivity index (χ2v) is 7.00. The summed E-state index contributed by atoms with van der Waals surface area (Å²) >= 11 is 0. The van der Waals surface area contributed by atoms with Crippen molar-refractivity contribution in [3.8, 4) is 0 Å². The van der Waals surface area contributed by atoms with Crippen LogP contribution in [-0.2, 0) is 14.8 Å². The van der Waals surface area contributed by atoms with Crippen molar-refractivity contribution in [3.05, 3.63) is 23.8 Å². The third-order valence-electron chi connectivity index (χ3n) is 2.97. The third kappa shape index (κ3) is 3.95. The molecule has 0 heterocycles. The summed E-state index contributed by atoms with van der Waals surface area (Å²) in [5, 5.41) is 0. The number of anilines is 1. The van der Waals surface area contributed by atoms with E-state index < -0.39 is 16.0 Å². The van der Waals surface area contributed by atoms with Crippen LogP contribution in [0.15, 0.2) is 23.1 Å². The first-order valence-electron chi connectivity index (χ1n) is 6.72. The second kappa shape index (κ2) is 6.91. The number of nitrogens with zero attached hydrogens (tertiary/aromatic N) is 1. The molecule has 0 aliphatic rings. The van der Waals surface area contributed by atoms with Gasteiger partial charge in [-0.05, 0) is 24.1 Å². The van der Waals surface area contributed by atoms with E-state index in [1.807, 2.05) is 13.8 Å². The second-order valence-electron chi connectivity index (χ2n) is 5.09. The molecule has 0 spiro atoms. The molecule has 0 saturated carbocycles. The fraction of sp³-hybridized carbons (Fsp3) is 0.500. The standard InChI is InChI=1S/C14H22N2O4S/c1-5-16(9-10(2)3)21(18,19)13-7-6-11(8-12(13)15)14(17)20-4/h6-8,10H,5,9,15H2,1-4H3. The number of hydrogen-bond donors (Lipinski definition) is 1. The Labute approximate surface area is 125 Å². The van der Waals surface area contributed by atoms with E-state index in [9.17, 15) is 13.2 Å². The van der Waals surface area contributed by atoms with Gasteiger partial charge in [0.05, 0.1) is 18.4 Å². The fourth-order valence-electron chi connectivity index (χ4n) is 1.97. The Morgan fingerprint density at radius 3 is 2.43 bits per heavy atom. The van der Waals surface area contributed by atoms with E-state index in [-0.39, 0.29) is 22.1 Å². The average molecular weight is 314 g/mol. The number of carbonyl (C=O) groups excluding carboxylic acids is 1. The molecule has 0 fully saturated rings. The predicted octanol–water partition coefficient (Wildman–Crippen LogP) is 1.72. The molecule has 1 aromatic carbocycles. The van der Waals surface area contributed by atoms with Gasteiger partial charge in [-0.2, -0.15) is 4.31 Å². The number of nitrogen functional groups attached to an aromatic ring is 1. The molecule has 21 heavy (non-hydrogen) atoms. The lowest BCUT2D eigenvalue weighted by Crippen LogP contribution is -2.34. The van der Waals surface area contributed by atoms with Crippen molar-refractivity contribution in [3.63, 3.8) is 0 Å². The van der Waals surface area contributed by atoms with Crippen molar-refractivity contribution in [1.82, 2.24) is 4.31 Å². The van der Waals surface area contributed by atoms with Crippen LogP contribution in [0.3, 0.4) is 0 Å². The van der Waals surface area contributed by atoms with E-state index >= 15 is 0 Å². The van der Waals surface area contributed by atoms with Crippen molar-refractivity contribution >= 4 is 21.7 Å². The van der Waals surface area contributed by atoms with Crippen molar-refractivity contribution < 1.29 is 17.9 Å². The Morgan fingerprint density at radius 1 is 1.38 bits per heavy atom. The molecule has 0 saturated heterocycles. The fourth-order valence-corrected chi connectivity index (χ4v) is 3.68. The number of ether oxygens (including phenoxy) is 1. The van der Waals surface area contributed by atoms with Crippen LogP contribution in [0.4, 0.5) is 5.69 Å². The number of esters is 1. The molecule has 0 bridgehead atoms. The lowest BCUT2D eigenvalue weighted by Gasteiger charge is -2.23. The van der Waals surface area contributed by atoms with E-state index in [1.54, 1.807) is 6.92 Å². The van der Waals surface area contributed by atoms with Crippen LogP contribution in [0.25, 0.3) is 0 Å². The number of benzene rings is 1. The first-order chi connectivity index (χ1) is 9.73. The largest absolute Gasteiger partial charge is 0.465 e. The minimum atomic E-state index is -3.67. The summed E-state index contributed by atoms with van der Waals surface area (Å²) in [6, 6.07) is 4.07. The van der Waals surface area contributed by atoms with Crippen LogP contribution in [-0.4, -0.2) is 38.9 Å². The zero-order valence-corrected chi connectivity index (χ0v) is 13.6. The molecule has 1 rings (SSSR count). The molecule has 118 valence electrons. The van der Waals surface area contributed by atoms with Gasteiger partial charge in [0.2, 0.25) is 10.0 Å². The third-order valence-corrected chi connectivity index (χ3v) is 4.98. The van der Waals surface area contributed by atoms with Crippen LogP contribution in [0.2, 0.25) is 0 Å². The normalized spacial score (nSPS) is 11.9. The minimum absolute atomic E-state index is 0.0117. The van der Waals surface area contributed by atoms with E-state index in [0.717, 1.165) is 0 Å². The van der Waals surface area contributed by atoms with Crippen LogP contribution < -0.4 is 5.73 Å². The average Bonchev–Trinajstić information content (AvgIpc) is 2.42. The summed E-state index contributed by atoms with van der Waals surface area (Å²) < 4.78 is 31.2. The van der Waals surface area contributed by atoms with Gasteiger partial charge in [0.15, 0.2) is 0 Å². The van der Waals surface area contributed by atoms with Gasteiger partial charge in [-0.25, -0.2) is 13.2 Å². The quantitative estimate of drug-likeness (QED) is 0.638. The zero-order valence-electron chi connectivity index (χ0n) is 12.8. The van der Waals surface area contributed by atoms with Gasteiger partial charge in [-0.15, -0.1) is 0 Å². The number of sulfonamides is 1. The summed E-state index contributed by atoms with van der Waals surface area (Å²) in [6.45, 7) is 6.44. The van der Waals surface area contributed by atoms with Gasteiger partial charge in [0.1, 0.15) is 4.90 Å². The number of hydrogen-bond acceptors (Lipinski definition) is 5. The molecular weight excluding hydrogens is 292 g/mol. The van der Waals surface area contributed by atoms with Crippen molar-refractivity contribution in [1.29, 1.82) is 0 Å². The van der Waals surface area contributed by atoms with Gasteiger partial charge in [0.25, 0.3) is 0 Å². The number of rotatable bonds is 6. The van der Waals surface area contributed by atoms with E-state index in [2.05, 4.69) is 4.74 Å². The molecule has 0 aliphatic heterocycles. The predicted molar refractivity (Wildman–Crippen MR) is 81.5 cm³/mol. The minimum Gasteiger partial charge on any atom is -0.465 e.